The van der Waals surface area contributed by atoms with E-state index >= 15 is 0 Å². The number of hydrogen-bond donors (Lipinski definition) is 1. The molecule has 17 heavy (non-hydrogen) atoms. The van der Waals surface area contributed by atoms with Gasteiger partial charge in [-0.3, -0.25) is 4.40 Å². The second-order valence-corrected chi connectivity index (χ2v) is 5.20. The molecular formula is C13H15N3S. The lowest BCUT2D eigenvalue weighted by Crippen LogP contribution is -2.08. The molecular weight excluding hydrogens is 230 g/mol. The highest BCUT2D eigenvalue weighted by Gasteiger charge is 2.05. The van der Waals surface area contributed by atoms with Crippen LogP contribution in [0.3, 0.4) is 0 Å². The maximum atomic E-state index is 4.33. The van der Waals surface area contributed by atoms with Crippen LogP contribution in [0.1, 0.15) is 12.0 Å². The predicted molar refractivity (Wildman–Crippen MR) is 72.8 cm³/mol. The third-order valence-electron chi connectivity index (χ3n) is 2.98. The first-order valence-electron chi connectivity index (χ1n) is 5.87. The summed E-state index contributed by atoms with van der Waals surface area (Å²) in [6.07, 6.45) is 6.20. The Morgan fingerprint density at radius 3 is 3.24 bits per heavy atom. The van der Waals surface area contributed by atoms with Crippen molar-refractivity contribution < 1.29 is 0 Å². The Balaban J connectivity index is 1.95. The monoisotopic (exact) mass is 245 g/mol. The first-order valence-corrected chi connectivity index (χ1v) is 6.69. The van der Waals surface area contributed by atoms with Crippen LogP contribution in [0, 0.1) is 0 Å². The van der Waals surface area contributed by atoms with E-state index in [1.165, 1.54) is 22.2 Å². The third kappa shape index (κ3) is 1.94. The minimum Gasteiger partial charge on any atom is -0.320 e. The van der Waals surface area contributed by atoms with Gasteiger partial charge in [-0.1, -0.05) is 17.4 Å². The molecule has 2 aromatic heterocycles. The summed E-state index contributed by atoms with van der Waals surface area (Å²) in [6, 6.07) is 6.73. The van der Waals surface area contributed by atoms with Crippen molar-refractivity contribution in [1.82, 2.24) is 14.7 Å². The number of aryl methyl sites for hydroxylation is 1. The summed E-state index contributed by atoms with van der Waals surface area (Å²) < 4.78 is 3.48. The SMILES string of the molecule is CNCCCc1ccc2c(c1)sc1nccn12. The van der Waals surface area contributed by atoms with Gasteiger partial charge in [0, 0.05) is 12.4 Å². The van der Waals surface area contributed by atoms with Gasteiger partial charge < -0.3 is 5.32 Å². The van der Waals surface area contributed by atoms with Crippen molar-refractivity contribution in [2.75, 3.05) is 13.6 Å². The summed E-state index contributed by atoms with van der Waals surface area (Å²) in [4.78, 5) is 5.41. The molecule has 0 aliphatic rings. The summed E-state index contributed by atoms with van der Waals surface area (Å²) in [7, 11) is 2.00. The molecule has 0 bridgehead atoms. The molecule has 1 N–H and O–H groups in total. The highest BCUT2D eigenvalue weighted by molar-refractivity contribution is 7.23. The molecule has 3 aromatic rings. The summed E-state index contributed by atoms with van der Waals surface area (Å²) in [5.74, 6) is 0. The Labute approximate surface area is 104 Å². The molecule has 0 fully saturated rings. The fourth-order valence-corrected chi connectivity index (χ4v) is 3.16. The van der Waals surface area contributed by atoms with Gasteiger partial charge in [0.2, 0.25) is 0 Å². The number of fused-ring (bicyclic) bond motifs is 3. The van der Waals surface area contributed by atoms with Gasteiger partial charge in [-0.2, -0.15) is 0 Å². The molecule has 0 spiro atoms. The number of nitrogens with zero attached hydrogens (tertiary/aromatic N) is 2. The first kappa shape index (κ1) is 10.7. The zero-order chi connectivity index (χ0) is 11.7. The topological polar surface area (TPSA) is 29.3 Å². The molecule has 2 heterocycles. The molecule has 0 saturated heterocycles. The first-order chi connectivity index (χ1) is 8.38. The molecule has 3 nitrogen and oxygen atoms in total. The number of hydrogen-bond acceptors (Lipinski definition) is 3. The Kier molecular flexibility index (Phi) is 2.82. The van der Waals surface area contributed by atoms with E-state index in [1.807, 2.05) is 19.4 Å². The van der Waals surface area contributed by atoms with Gasteiger partial charge in [0.25, 0.3) is 0 Å². The summed E-state index contributed by atoms with van der Waals surface area (Å²) in [5, 5.41) is 3.18. The molecule has 0 saturated carbocycles. The van der Waals surface area contributed by atoms with E-state index in [4.69, 9.17) is 0 Å². The normalized spacial score (nSPS) is 11.6. The van der Waals surface area contributed by atoms with Gasteiger partial charge in [0.05, 0.1) is 10.2 Å². The lowest BCUT2D eigenvalue weighted by molar-refractivity contribution is 0.725. The molecule has 0 amide bonds. The fraction of sp³-hybridized carbons (Fsp3) is 0.308. The number of rotatable bonds is 4. The van der Waals surface area contributed by atoms with Crippen molar-refractivity contribution in [3.8, 4) is 0 Å². The minimum absolute atomic E-state index is 1.08. The average molecular weight is 245 g/mol. The quantitative estimate of drug-likeness (QED) is 0.716. The number of nitrogens with one attached hydrogen (secondary N) is 1. The molecule has 1 aromatic carbocycles. The summed E-state index contributed by atoms with van der Waals surface area (Å²) in [6.45, 7) is 1.08. The van der Waals surface area contributed by atoms with Crippen LogP contribution >= 0.6 is 11.3 Å². The second kappa shape index (κ2) is 4.47. The van der Waals surface area contributed by atoms with Gasteiger partial charge in [-0.05, 0) is 44.1 Å². The van der Waals surface area contributed by atoms with Crippen molar-refractivity contribution in [2.24, 2.45) is 0 Å². The van der Waals surface area contributed by atoms with Gasteiger partial charge >= 0.3 is 0 Å². The molecule has 88 valence electrons. The van der Waals surface area contributed by atoms with E-state index < -0.39 is 0 Å². The summed E-state index contributed by atoms with van der Waals surface area (Å²) >= 11 is 1.76. The highest BCUT2D eigenvalue weighted by atomic mass is 32.1. The van der Waals surface area contributed by atoms with Gasteiger partial charge in [-0.25, -0.2) is 4.98 Å². The zero-order valence-corrected chi connectivity index (χ0v) is 10.6. The van der Waals surface area contributed by atoms with E-state index in [0.29, 0.717) is 0 Å². The second-order valence-electron chi connectivity index (χ2n) is 4.19. The van der Waals surface area contributed by atoms with E-state index in [-0.39, 0.29) is 0 Å². The van der Waals surface area contributed by atoms with E-state index in [2.05, 4.69) is 32.9 Å². The van der Waals surface area contributed by atoms with E-state index in [9.17, 15) is 0 Å². The van der Waals surface area contributed by atoms with Crippen LogP contribution in [0.5, 0.6) is 0 Å². The fourth-order valence-electron chi connectivity index (χ4n) is 2.11. The zero-order valence-electron chi connectivity index (χ0n) is 9.81. The number of imidazole rings is 1. The molecule has 0 atom stereocenters. The number of aromatic nitrogens is 2. The number of thiazole rings is 1. The van der Waals surface area contributed by atoms with Gasteiger partial charge in [0.15, 0.2) is 4.96 Å². The molecule has 3 rings (SSSR count). The van der Waals surface area contributed by atoms with Crippen LogP contribution in [0.2, 0.25) is 0 Å². The predicted octanol–water partition coefficient (Wildman–Crippen LogP) is 2.70. The van der Waals surface area contributed by atoms with Crippen molar-refractivity contribution in [3.05, 3.63) is 36.2 Å². The minimum atomic E-state index is 1.08. The molecule has 0 aliphatic heterocycles. The number of benzene rings is 1. The Bertz CT molecular complexity index is 638. The van der Waals surface area contributed by atoms with E-state index in [1.54, 1.807) is 11.3 Å². The Hall–Kier alpha value is -1.39. The molecule has 0 radical (unpaired) electrons. The lowest BCUT2D eigenvalue weighted by Gasteiger charge is -2.01. The highest BCUT2D eigenvalue weighted by Crippen LogP contribution is 2.26. The molecule has 0 unspecified atom stereocenters. The largest absolute Gasteiger partial charge is 0.320 e. The molecule has 0 aliphatic carbocycles. The lowest BCUT2D eigenvalue weighted by atomic mass is 10.1. The third-order valence-corrected chi connectivity index (χ3v) is 4.02. The Morgan fingerprint density at radius 1 is 1.41 bits per heavy atom. The van der Waals surface area contributed by atoms with Crippen molar-refractivity contribution in [3.63, 3.8) is 0 Å². The standard InChI is InChI=1S/C13H15N3S/c1-14-6-2-3-10-4-5-11-12(9-10)17-13-15-7-8-16(11)13/h4-5,7-9,14H,2-3,6H2,1H3. The van der Waals surface area contributed by atoms with Crippen LogP contribution < -0.4 is 5.32 Å². The Morgan fingerprint density at radius 2 is 2.35 bits per heavy atom. The van der Waals surface area contributed by atoms with E-state index in [0.717, 1.165) is 17.9 Å². The van der Waals surface area contributed by atoms with Crippen LogP contribution in [0.4, 0.5) is 0 Å². The van der Waals surface area contributed by atoms with Crippen molar-refractivity contribution in [2.45, 2.75) is 12.8 Å². The van der Waals surface area contributed by atoms with Gasteiger partial charge in [-0.15, -0.1) is 0 Å². The van der Waals surface area contributed by atoms with Crippen molar-refractivity contribution in [1.29, 1.82) is 0 Å². The molecule has 4 heteroatoms. The smallest absolute Gasteiger partial charge is 0.194 e. The van der Waals surface area contributed by atoms with Crippen LogP contribution in [-0.4, -0.2) is 23.0 Å². The van der Waals surface area contributed by atoms with Crippen LogP contribution in [0.25, 0.3) is 15.2 Å². The summed E-state index contributed by atoms with van der Waals surface area (Å²) in [5.41, 5.74) is 2.68. The van der Waals surface area contributed by atoms with Crippen LogP contribution in [0.15, 0.2) is 30.6 Å². The van der Waals surface area contributed by atoms with Gasteiger partial charge in [0.1, 0.15) is 0 Å². The maximum Gasteiger partial charge on any atom is 0.194 e. The van der Waals surface area contributed by atoms with Crippen molar-refractivity contribution >= 4 is 26.5 Å². The average Bonchev–Trinajstić information content (AvgIpc) is 2.89. The maximum absolute atomic E-state index is 4.33. The van der Waals surface area contributed by atoms with Crippen LogP contribution in [-0.2, 0) is 6.42 Å².